The van der Waals surface area contributed by atoms with E-state index >= 15 is 0 Å². The van der Waals surface area contributed by atoms with Gasteiger partial charge < -0.3 is 20.1 Å². The van der Waals surface area contributed by atoms with Crippen molar-refractivity contribution in [2.75, 3.05) is 26.2 Å². The van der Waals surface area contributed by atoms with Crippen molar-refractivity contribution in [3.05, 3.63) is 53.1 Å². The third kappa shape index (κ3) is 4.36. The first-order valence-electron chi connectivity index (χ1n) is 11.9. The fourth-order valence-electron chi connectivity index (χ4n) is 5.32. The predicted octanol–water partition coefficient (Wildman–Crippen LogP) is 4.07. The number of aliphatic hydroxyl groups excluding tert-OH is 1. The Labute approximate surface area is 192 Å². The van der Waals surface area contributed by atoms with Crippen molar-refractivity contribution in [3.63, 3.8) is 0 Å². The van der Waals surface area contributed by atoms with Crippen LogP contribution in [0, 0.1) is 11.6 Å². The number of halogens is 2. The summed E-state index contributed by atoms with van der Waals surface area (Å²) in [5, 5.41) is 11.1. The van der Waals surface area contributed by atoms with Crippen molar-refractivity contribution in [1.82, 2.24) is 10.2 Å². The highest BCUT2D eigenvalue weighted by Crippen LogP contribution is 2.42. The van der Waals surface area contributed by atoms with Gasteiger partial charge in [0.25, 0.3) is 5.91 Å². The number of aryl methyl sites for hydroxylation is 1. The molecule has 33 heavy (non-hydrogen) atoms. The molecule has 1 amide bonds. The second kappa shape index (κ2) is 9.03. The van der Waals surface area contributed by atoms with Gasteiger partial charge in [-0.3, -0.25) is 4.79 Å². The Hall–Kier alpha value is -2.51. The van der Waals surface area contributed by atoms with E-state index in [0.717, 1.165) is 56.1 Å². The van der Waals surface area contributed by atoms with Crippen molar-refractivity contribution in [2.24, 2.45) is 0 Å². The molecule has 1 spiro atoms. The molecular formula is C26H30F2N2O3. The molecule has 7 heteroatoms. The maximum Gasteiger partial charge on any atom is 0.257 e. The minimum absolute atomic E-state index is 0.0651. The van der Waals surface area contributed by atoms with Gasteiger partial charge in [0.2, 0.25) is 0 Å². The fraction of sp³-hybridized carbons (Fsp3) is 0.500. The number of nitrogens with one attached hydrogen (secondary N) is 1. The molecule has 1 aliphatic carbocycles. The van der Waals surface area contributed by atoms with Crippen molar-refractivity contribution >= 4 is 5.91 Å². The number of hydrogen-bond acceptors (Lipinski definition) is 4. The van der Waals surface area contributed by atoms with E-state index in [0.29, 0.717) is 11.1 Å². The van der Waals surface area contributed by atoms with Crippen molar-refractivity contribution < 1.29 is 23.4 Å². The Morgan fingerprint density at radius 2 is 1.82 bits per heavy atom. The quantitative estimate of drug-likeness (QED) is 0.712. The highest BCUT2D eigenvalue weighted by molar-refractivity contribution is 5.95. The lowest BCUT2D eigenvalue weighted by Gasteiger charge is -2.48. The molecule has 0 radical (unpaired) electrons. The lowest BCUT2D eigenvalue weighted by molar-refractivity contribution is -0.0336. The van der Waals surface area contributed by atoms with Gasteiger partial charge in [0, 0.05) is 25.7 Å². The number of carbonyl (C=O) groups is 1. The summed E-state index contributed by atoms with van der Waals surface area (Å²) in [6.07, 6.45) is 7.92. The summed E-state index contributed by atoms with van der Waals surface area (Å²) in [7, 11) is 0. The molecule has 2 heterocycles. The summed E-state index contributed by atoms with van der Waals surface area (Å²) in [5.41, 5.74) is 1.37. The molecule has 2 aliphatic heterocycles. The number of amides is 1. The normalized spacial score (nSPS) is 20.1. The van der Waals surface area contributed by atoms with E-state index in [9.17, 15) is 13.6 Å². The number of aliphatic hydroxyl groups is 1. The molecular weight excluding hydrogens is 426 g/mol. The van der Waals surface area contributed by atoms with Gasteiger partial charge in [0.05, 0.1) is 6.61 Å². The Kier molecular flexibility index (Phi) is 6.10. The number of ether oxygens (including phenoxy) is 1. The molecule has 0 bridgehead atoms. The second-order valence-electron chi connectivity index (χ2n) is 9.52. The van der Waals surface area contributed by atoms with Crippen molar-refractivity contribution in [1.29, 1.82) is 0 Å². The minimum atomic E-state index is -0.924. The van der Waals surface area contributed by atoms with Crippen LogP contribution in [-0.2, 0) is 6.42 Å². The summed E-state index contributed by atoms with van der Waals surface area (Å²) < 4.78 is 35.7. The van der Waals surface area contributed by atoms with Crippen LogP contribution in [-0.4, -0.2) is 53.8 Å². The third-order valence-electron chi connectivity index (χ3n) is 7.54. The predicted molar refractivity (Wildman–Crippen MR) is 121 cm³/mol. The van der Waals surface area contributed by atoms with Gasteiger partial charge in [-0.15, -0.1) is 0 Å². The molecule has 176 valence electrons. The number of benzene rings is 2. The average molecular weight is 457 g/mol. The molecule has 3 aliphatic rings. The van der Waals surface area contributed by atoms with Gasteiger partial charge in [-0.1, -0.05) is 12.5 Å². The lowest BCUT2D eigenvalue weighted by atomic mass is 9.81. The zero-order chi connectivity index (χ0) is 23.0. The molecule has 0 atom stereocenters. The summed E-state index contributed by atoms with van der Waals surface area (Å²) in [5.74, 6) is -1.86. The van der Waals surface area contributed by atoms with Gasteiger partial charge in [0.15, 0.2) is 0 Å². The maximum absolute atomic E-state index is 14.6. The molecule has 1 saturated heterocycles. The Morgan fingerprint density at radius 1 is 1.09 bits per heavy atom. The molecule has 2 aromatic rings. The molecule has 1 saturated carbocycles. The van der Waals surface area contributed by atoms with E-state index in [4.69, 9.17) is 9.84 Å². The van der Waals surface area contributed by atoms with Gasteiger partial charge in [-0.25, -0.2) is 8.78 Å². The van der Waals surface area contributed by atoms with Crippen LogP contribution in [0.2, 0.25) is 0 Å². The van der Waals surface area contributed by atoms with Crippen LogP contribution in [0.25, 0.3) is 11.1 Å². The van der Waals surface area contributed by atoms with Gasteiger partial charge in [-0.05, 0) is 79.5 Å². The lowest BCUT2D eigenvalue weighted by Crippen LogP contribution is -2.53. The summed E-state index contributed by atoms with van der Waals surface area (Å²) in [6.45, 7) is 1.82. The maximum atomic E-state index is 14.6. The molecule has 0 unspecified atom stereocenters. The highest BCUT2D eigenvalue weighted by Gasteiger charge is 2.41. The number of piperidine rings is 1. The Bertz CT molecular complexity index is 1020. The van der Waals surface area contributed by atoms with Crippen LogP contribution in [0.1, 0.15) is 54.4 Å². The van der Waals surface area contributed by atoms with Crippen LogP contribution in [0.3, 0.4) is 0 Å². The first-order valence-corrected chi connectivity index (χ1v) is 11.9. The van der Waals surface area contributed by atoms with E-state index < -0.39 is 23.1 Å². The zero-order valence-electron chi connectivity index (χ0n) is 18.7. The van der Waals surface area contributed by atoms with Gasteiger partial charge >= 0.3 is 0 Å². The standard InChI is InChI=1S/C26H30F2N2O3/c27-21-15-19(16-22(28)24(21)25(32)29-10-13-31)17-4-5-23-18(14-17)6-7-26(33-23)8-11-30(12-9-26)20-2-1-3-20/h4-5,14-16,20,31H,1-3,6-13H2,(H,29,32). The van der Waals surface area contributed by atoms with E-state index in [1.807, 2.05) is 18.2 Å². The topological polar surface area (TPSA) is 61.8 Å². The first kappa shape index (κ1) is 22.3. The van der Waals surface area contributed by atoms with Crippen molar-refractivity contribution in [3.8, 4) is 16.9 Å². The van der Waals surface area contributed by atoms with E-state index in [2.05, 4.69) is 10.2 Å². The SMILES string of the molecule is O=C(NCCO)c1c(F)cc(-c2ccc3c(c2)CCC2(CCN(C4CCC4)CC2)O3)cc1F. The number of nitrogens with zero attached hydrogens (tertiary/aromatic N) is 1. The Balaban J connectivity index is 1.31. The van der Waals surface area contributed by atoms with Crippen LogP contribution in [0.5, 0.6) is 5.75 Å². The van der Waals surface area contributed by atoms with E-state index in [1.54, 1.807) is 0 Å². The Morgan fingerprint density at radius 3 is 2.45 bits per heavy atom. The molecule has 5 rings (SSSR count). The average Bonchev–Trinajstić information content (AvgIpc) is 2.77. The highest BCUT2D eigenvalue weighted by atomic mass is 19.1. The zero-order valence-corrected chi connectivity index (χ0v) is 18.7. The fourth-order valence-corrected chi connectivity index (χ4v) is 5.32. The van der Waals surface area contributed by atoms with E-state index in [-0.39, 0.29) is 18.8 Å². The number of rotatable bonds is 5. The summed E-state index contributed by atoms with van der Waals surface area (Å²) >= 11 is 0. The molecule has 2 aromatic carbocycles. The smallest absolute Gasteiger partial charge is 0.257 e. The van der Waals surface area contributed by atoms with Crippen molar-refractivity contribution in [2.45, 2.75) is 56.6 Å². The monoisotopic (exact) mass is 456 g/mol. The van der Waals surface area contributed by atoms with E-state index in [1.165, 1.54) is 31.4 Å². The van der Waals surface area contributed by atoms with Crippen LogP contribution in [0.4, 0.5) is 8.78 Å². The summed E-state index contributed by atoms with van der Waals surface area (Å²) in [6, 6.07) is 8.79. The van der Waals surface area contributed by atoms with Gasteiger partial charge in [0.1, 0.15) is 28.5 Å². The van der Waals surface area contributed by atoms with Gasteiger partial charge in [-0.2, -0.15) is 0 Å². The largest absolute Gasteiger partial charge is 0.487 e. The van der Waals surface area contributed by atoms with Crippen LogP contribution in [0.15, 0.2) is 30.3 Å². The molecule has 2 N–H and O–H groups in total. The number of hydrogen-bond donors (Lipinski definition) is 2. The first-order chi connectivity index (χ1) is 16.0. The molecule has 2 fully saturated rings. The summed E-state index contributed by atoms with van der Waals surface area (Å²) in [4.78, 5) is 14.6. The second-order valence-corrected chi connectivity index (χ2v) is 9.52. The van der Waals surface area contributed by atoms with Crippen LogP contribution < -0.4 is 10.1 Å². The molecule has 5 nitrogen and oxygen atoms in total. The number of likely N-dealkylation sites (tertiary alicyclic amines) is 1. The van der Waals surface area contributed by atoms with Crippen LogP contribution >= 0.6 is 0 Å². The number of fused-ring (bicyclic) bond motifs is 1. The minimum Gasteiger partial charge on any atom is -0.487 e. The molecule has 0 aromatic heterocycles. The number of carbonyl (C=O) groups excluding carboxylic acids is 1. The third-order valence-corrected chi connectivity index (χ3v) is 7.54.